The Bertz CT molecular complexity index is 700. The molecule has 0 aromatic carbocycles. The summed E-state index contributed by atoms with van der Waals surface area (Å²) in [5.74, 6) is -0.537. The van der Waals surface area contributed by atoms with E-state index >= 15 is 0 Å². The van der Waals surface area contributed by atoms with Gasteiger partial charge in [-0.1, -0.05) is 54.0 Å². The van der Waals surface area contributed by atoms with Gasteiger partial charge in [-0.2, -0.15) is 0 Å². The van der Waals surface area contributed by atoms with E-state index in [0.29, 0.717) is 18.2 Å². The van der Waals surface area contributed by atoms with E-state index in [9.17, 15) is 14.4 Å². The van der Waals surface area contributed by atoms with Crippen LogP contribution < -0.4 is 5.32 Å². The van der Waals surface area contributed by atoms with Crippen molar-refractivity contribution in [3.63, 3.8) is 0 Å². The number of likely N-dealkylation sites (N-methyl/N-ethyl adjacent to an activating group) is 1. The first kappa shape index (κ1) is 30.1. The van der Waals surface area contributed by atoms with Gasteiger partial charge in [0, 0.05) is 18.7 Å². The van der Waals surface area contributed by atoms with Crippen molar-refractivity contribution < 1.29 is 19.1 Å². The molecular formula is C27H49N3O4. The summed E-state index contributed by atoms with van der Waals surface area (Å²) >= 11 is 0. The number of hydrogen-bond acceptors (Lipinski definition) is 5. The van der Waals surface area contributed by atoms with Crippen LogP contribution in [0.5, 0.6) is 0 Å². The smallest absolute Gasteiger partial charge is 0.333 e. The van der Waals surface area contributed by atoms with Gasteiger partial charge in [0.2, 0.25) is 11.8 Å². The number of nitrogens with zero attached hydrogens (tertiary/aromatic N) is 2. The van der Waals surface area contributed by atoms with Gasteiger partial charge in [-0.25, -0.2) is 4.79 Å². The molecule has 1 heterocycles. The van der Waals surface area contributed by atoms with Crippen molar-refractivity contribution in [1.29, 1.82) is 0 Å². The highest BCUT2D eigenvalue weighted by Gasteiger charge is 2.36. The second-order valence-corrected chi connectivity index (χ2v) is 10.2. The monoisotopic (exact) mass is 479 g/mol. The molecule has 0 saturated carbocycles. The Hall–Kier alpha value is -1.89. The zero-order chi connectivity index (χ0) is 26.0. The fourth-order valence-corrected chi connectivity index (χ4v) is 4.88. The Morgan fingerprint density at radius 2 is 1.68 bits per heavy atom. The van der Waals surface area contributed by atoms with Crippen molar-refractivity contribution in [2.75, 3.05) is 20.2 Å². The third-order valence-electron chi connectivity index (χ3n) is 6.98. The van der Waals surface area contributed by atoms with E-state index in [1.807, 2.05) is 27.7 Å². The SMILES string of the molecule is CCOC(=O)C(C)=C[C@H](C(C)C)N(C)C(=O)[C@@H](NC(=O)C1CCCCN1C(CC)CC)C(C)C. The molecule has 2 amide bonds. The normalized spacial score (nSPS) is 19.3. The summed E-state index contributed by atoms with van der Waals surface area (Å²) in [6.45, 7) is 17.0. The van der Waals surface area contributed by atoms with E-state index in [1.54, 1.807) is 31.9 Å². The molecule has 1 aliphatic heterocycles. The molecule has 7 heteroatoms. The number of piperidine rings is 1. The van der Waals surface area contributed by atoms with Gasteiger partial charge in [-0.15, -0.1) is 0 Å². The van der Waals surface area contributed by atoms with Crippen LogP contribution in [0.15, 0.2) is 11.6 Å². The first-order valence-corrected chi connectivity index (χ1v) is 13.2. The largest absolute Gasteiger partial charge is 0.463 e. The second kappa shape index (κ2) is 14.5. The molecule has 0 aromatic heterocycles. The quantitative estimate of drug-likeness (QED) is 0.336. The predicted molar refractivity (Wildman–Crippen MR) is 137 cm³/mol. The molecule has 1 unspecified atom stereocenters. The third-order valence-corrected chi connectivity index (χ3v) is 6.98. The molecule has 0 aromatic rings. The highest BCUT2D eigenvalue weighted by molar-refractivity contribution is 5.91. The molecule has 0 aliphatic carbocycles. The van der Waals surface area contributed by atoms with Crippen molar-refractivity contribution in [2.45, 2.75) is 112 Å². The lowest BCUT2D eigenvalue weighted by atomic mass is 9.94. The van der Waals surface area contributed by atoms with Crippen LogP contribution in [0.4, 0.5) is 0 Å². The summed E-state index contributed by atoms with van der Waals surface area (Å²) in [6.07, 6.45) is 6.79. The first-order valence-electron chi connectivity index (χ1n) is 13.2. The van der Waals surface area contributed by atoms with E-state index in [2.05, 4.69) is 24.1 Å². The summed E-state index contributed by atoms with van der Waals surface area (Å²) in [7, 11) is 1.75. The average molecular weight is 480 g/mol. The topological polar surface area (TPSA) is 79.0 Å². The highest BCUT2D eigenvalue weighted by atomic mass is 16.5. The van der Waals surface area contributed by atoms with E-state index in [0.717, 1.165) is 38.6 Å². The summed E-state index contributed by atoms with van der Waals surface area (Å²) in [4.78, 5) is 43.2. The number of carbonyl (C=O) groups is 3. The minimum Gasteiger partial charge on any atom is -0.463 e. The lowest BCUT2D eigenvalue weighted by Crippen LogP contribution is -2.59. The summed E-state index contributed by atoms with van der Waals surface area (Å²) < 4.78 is 5.11. The molecule has 34 heavy (non-hydrogen) atoms. The van der Waals surface area contributed by atoms with Gasteiger partial charge in [-0.3, -0.25) is 14.5 Å². The Morgan fingerprint density at radius 3 is 2.18 bits per heavy atom. The lowest BCUT2D eigenvalue weighted by molar-refractivity contribution is -0.140. The molecule has 0 spiro atoms. The molecule has 3 atom stereocenters. The van der Waals surface area contributed by atoms with Crippen molar-refractivity contribution in [1.82, 2.24) is 15.1 Å². The molecule has 196 valence electrons. The maximum atomic E-state index is 13.6. The molecule has 7 nitrogen and oxygen atoms in total. The van der Waals surface area contributed by atoms with Gasteiger partial charge in [0.1, 0.15) is 6.04 Å². The number of ether oxygens (including phenoxy) is 1. The van der Waals surface area contributed by atoms with Crippen molar-refractivity contribution in [3.8, 4) is 0 Å². The van der Waals surface area contributed by atoms with Crippen molar-refractivity contribution >= 4 is 17.8 Å². The number of nitrogens with one attached hydrogen (secondary N) is 1. The number of amides is 2. The van der Waals surface area contributed by atoms with Crippen LogP contribution in [0.25, 0.3) is 0 Å². The van der Waals surface area contributed by atoms with E-state index < -0.39 is 6.04 Å². The maximum absolute atomic E-state index is 13.6. The Kier molecular flexibility index (Phi) is 12.9. The minimum atomic E-state index is -0.625. The Balaban J connectivity index is 3.09. The fraction of sp³-hybridized carbons (Fsp3) is 0.815. The number of hydrogen-bond donors (Lipinski definition) is 1. The lowest BCUT2D eigenvalue weighted by Gasteiger charge is -2.41. The van der Waals surface area contributed by atoms with Crippen LogP contribution in [0, 0.1) is 11.8 Å². The standard InChI is InChI=1S/C27H49N3O4/c1-10-21(11-2)30-16-14-13-15-22(30)25(31)28-24(19(6)7)26(32)29(9)23(18(4)5)17-20(8)27(33)34-12-3/h17-19,21-24H,10-16H2,1-9H3,(H,28,31)/t22?,23-,24+/m1/s1. The third kappa shape index (κ3) is 8.10. The number of rotatable bonds is 12. The number of carbonyl (C=O) groups excluding carboxylic acids is 3. The fourth-order valence-electron chi connectivity index (χ4n) is 4.88. The summed E-state index contributed by atoms with van der Waals surface area (Å²) in [5, 5.41) is 3.11. The average Bonchev–Trinajstić information content (AvgIpc) is 2.80. The molecule has 1 aliphatic rings. The molecule has 0 radical (unpaired) electrons. The van der Waals surface area contributed by atoms with Gasteiger partial charge >= 0.3 is 5.97 Å². The van der Waals surface area contributed by atoms with E-state index in [4.69, 9.17) is 4.74 Å². The Morgan fingerprint density at radius 1 is 1.06 bits per heavy atom. The van der Waals surface area contributed by atoms with Crippen molar-refractivity contribution in [2.24, 2.45) is 11.8 Å². The zero-order valence-electron chi connectivity index (χ0n) is 23.0. The highest BCUT2D eigenvalue weighted by Crippen LogP contribution is 2.24. The molecule has 1 rings (SSSR count). The van der Waals surface area contributed by atoms with E-state index in [-0.39, 0.29) is 41.7 Å². The molecule has 1 fully saturated rings. The molecular weight excluding hydrogens is 430 g/mol. The van der Waals surface area contributed by atoms with Gasteiger partial charge in [0.25, 0.3) is 0 Å². The molecule has 1 N–H and O–H groups in total. The van der Waals surface area contributed by atoms with Gasteiger partial charge < -0.3 is 15.0 Å². The van der Waals surface area contributed by atoms with E-state index in [1.165, 1.54) is 0 Å². The number of esters is 1. The van der Waals surface area contributed by atoms with Crippen LogP contribution in [0.1, 0.15) is 87.5 Å². The zero-order valence-corrected chi connectivity index (χ0v) is 23.0. The minimum absolute atomic E-state index is 0.0496. The van der Waals surface area contributed by atoms with Crippen LogP contribution in [-0.4, -0.2) is 72.0 Å². The van der Waals surface area contributed by atoms with Gasteiger partial charge in [-0.05, 0) is 57.9 Å². The molecule has 1 saturated heterocycles. The van der Waals surface area contributed by atoms with Crippen LogP contribution in [0.2, 0.25) is 0 Å². The molecule has 0 bridgehead atoms. The van der Waals surface area contributed by atoms with Crippen molar-refractivity contribution in [3.05, 3.63) is 11.6 Å². The second-order valence-electron chi connectivity index (χ2n) is 10.2. The summed E-state index contributed by atoms with van der Waals surface area (Å²) in [5.41, 5.74) is 0.480. The summed E-state index contributed by atoms with van der Waals surface area (Å²) in [6, 6.07) is -0.718. The van der Waals surface area contributed by atoms with Crippen LogP contribution >= 0.6 is 0 Å². The predicted octanol–water partition coefficient (Wildman–Crippen LogP) is 4.16. The van der Waals surface area contributed by atoms with Gasteiger partial charge in [0.05, 0.1) is 18.7 Å². The maximum Gasteiger partial charge on any atom is 0.333 e. The van der Waals surface area contributed by atoms with Crippen LogP contribution in [-0.2, 0) is 19.1 Å². The van der Waals surface area contributed by atoms with Gasteiger partial charge in [0.15, 0.2) is 0 Å². The van der Waals surface area contributed by atoms with Crippen LogP contribution in [0.3, 0.4) is 0 Å². The first-order chi connectivity index (χ1) is 16.0. The number of likely N-dealkylation sites (tertiary alicyclic amines) is 1. The Labute approximate surface area is 207 Å².